The Bertz CT molecular complexity index is 911. The van der Waals surface area contributed by atoms with Gasteiger partial charge >= 0.3 is 0 Å². The minimum Gasteiger partial charge on any atom is -0.311 e. The highest BCUT2D eigenvalue weighted by molar-refractivity contribution is 5.69. The van der Waals surface area contributed by atoms with Crippen LogP contribution in [0.2, 0.25) is 0 Å². The van der Waals surface area contributed by atoms with Crippen molar-refractivity contribution in [3.05, 3.63) is 75.6 Å². The van der Waals surface area contributed by atoms with Crippen LogP contribution < -0.4 is 0 Å². The molecule has 3 rings (SSSR count). The summed E-state index contributed by atoms with van der Waals surface area (Å²) in [6.45, 7) is 2.05. The molecule has 6 nitrogen and oxygen atoms in total. The lowest BCUT2D eigenvalue weighted by Gasteiger charge is -2.02. The molecule has 0 aliphatic carbocycles. The molecule has 0 fully saturated rings. The van der Waals surface area contributed by atoms with Gasteiger partial charge < -0.3 is 4.57 Å². The minimum atomic E-state index is -0.420. The van der Waals surface area contributed by atoms with E-state index < -0.39 is 4.92 Å². The van der Waals surface area contributed by atoms with E-state index in [0.29, 0.717) is 11.6 Å². The van der Waals surface area contributed by atoms with Crippen LogP contribution in [0.5, 0.6) is 0 Å². The second kappa shape index (κ2) is 6.45. The molecule has 2 aromatic carbocycles. The smallest absolute Gasteiger partial charge is 0.269 e. The van der Waals surface area contributed by atoms with Crippen molar-refractivity contribution in [3.63, 3.8) is 0 Å². The first-order chi connectivity index (χ1) is 11.6. The van der Waals surface area contributed by atoms with Crippen LogP contribution in [0.15, 0.2) is 48.5 Å². The Morgan fingerprint density at radius 1 is 1.04 bits per heavy atom. The molecule has 0 amide bonds. The molecule has 120 valence electrons. The van der Waals surface area contributed by atoms with Gasteiger partial charge in [-0.2, -0.15) is 0 Å². The van der Waals surface area contributed by atoms with Crippen molar-refractivity contribution in [3.8, 4) is 11.4 Å². The zero-order valence-electron chi connectivity index (χ0n) is 13.4. The molecule has 1 aromatic heterocycles. The van der Waals surface area contributed by atoms with Gasteiger partial charge in [0.15, 0.2) is 11.6 Å². The maximum absolute atomic E-state index is 10.7. The van der Waals surface area contributed by atoms with Gasteiger partial charge in [-0.15, -0.1) is 10.2 Å². The summed E-state index contributed by atoms with van der Waals surface area (Å²) < 4.78 is 1.86. The molecule has 0 N–H and O–H groups in total. The van der Waals surface area contributed by atoms with Crippen molar-refractivity contribution in [1.29, 1.82) is 0 Å². The lowest BCUT2D eigenvalue weighted by Crippen LogP contribution is -1.95. The number of rotatable bonds is 4. The Labute approximate surface area is 139 Å². The number of hydrogen-bond acceptors (Lipinski definition) is 4. The van der Waals surface area contributed by atoms with E-state index in [9.17, 15) is 10.1 Å². The lowest BCUT2D eigenvalue weighted by atomic mass is 10.1. The van der Waals surface area contributed by atoms with Crippen molar-refractivity contribution < 1.29 is 4.92 Å². The highest BCUT2D eigenvalue weighted by Crippen LogP contribution is 2.21. The van der Waals surface area contributed by atoms with Crippen LogP contribution in [0.25, 0.3) is 23.5 Å². The number of nitrogens with zero attached hydrogens (tertiary/aromatic N) is 4. The Kier molecular flexibility index (Phi) is 4.20. The quantitative estimate of drug-likeness (QED) is 0.540. The molecule has 0 spiro atoms. The molecule has 24 heavy (non-hydrogen) atoms. The molecule has 0 radical (unpaired) electrons. The first kappa shape index (κ1) is 15.6. The number of benzene rings is 2. The van der Waals surface area contributed by atoms with Crippen LogP contribution in [0.1, 0.15) is 17.0 Å². The maximum atomic E-state index is 10.7. The second-order valence-electron chi connectivity index (χ2n) is 5.43. The lowest BCUT2D eigenvalue weighted by molar-refractivity contribution is -0.384. The van der Waals surface area contributed by atoms with Crippen LogP contribution in [0, 0.1) is 17.0 Å². The molecule has 0 saturated heterocycles. The summed E-state index contributed by atoms with van der Waals surface area (Å²) in [6, 6.07) is 14.4. The molecule has 0 bridgehead atoms. The summed E-state index contributed by atoms with van der Waals surface area (Å²) in [5.74, 6) is 1.38. The monoisotopic (exact) mass is 320 g/mol. The molecular formula is C18H16N4O2. The fourth-order valence-electron chi connectivity index (χ4n) is 2.41. The second-order valence-corrected chi connectivity index (χ2v) is 5.43. The average molecular weight is 320 g/mol. The van der Waals surface area contributed by atoms with E-state index >= 15 is 0 Å². The summed E-state index contributed by atoms with van der Waals surface area (Å²) in [7, 11) is 1.87. The fourth-order valence-corrected chi connectivity index (χ4v) is 2.41. The minimum absolute atomic E-state index is 0.0561. The number of nitro groups is 1. The van der Waals surface area contributed by atoms with Crippen LogP contribution in [0.4, 0.5) is 5.69 Å². The van der Waals surface area contributed by atoms with Gasteiger partial charge in [-0.05, 0) is 36.3 Å². The molecular weight excluding hydrogens is 304 g/mol. The number of hydrogen-bond donors (Lipinski definition) is 0. The van der Waals surface area contributed by atoms with Gasteiger partial charge in [0.2, 0.25) is 0 Å². The summed E-state index contributed by atoms with van der Waals surface area (Å²) in [6.07, 6.45) is 3.91. The number of nitro benzene ring substituents is 1. The van der Waals surface area contributed by atoms with Crippen LogP contribution in [-0.4, -0.2) is 19.7 Å². The fraction of sp³-hybridized carbons (Fsp3) is 0.111. The van der Waals surface area contributed by atoms with Gasteiger partial charge in [0.05, 0.1) is 4.92 Å². The third-order valence-corrected chi connectivity index (χ3v) is 3.85. The zero-order chi connectivity index (χ0) is 17.1. The van der Waals surface area contributed by atoms with E-state index in [2.05, 4.69) is 23.2 Å². The predicted octanol–water partition coefficient (Wildman–Crippen LogP) is 3.87. The van der Waals surface area contributed by atoms with Crippen LogP contribution in [-0.2, 0) is 7.05 Å². The summed E-state index contributed by atoms with van der Waals surface area (Å²) in [5, 5.41) is 19.1. The van der Waals surface area contributed by atoms with Crippen molar-refractivity contribution in [1.82, 2.24) is 14.8 Å². The molecule has 0 unspecified atom stereocenters. The molecule has 0 aliphatic heterocycles. The van der Waals surface area contributed by atoms with Gasteiger partial charge in [0.25, 0.3) is 5.69 Å². The van der Waals surface area contributed by atoms with Crippen molar-refractivity contribution >= 4 is 17.8 Å². The Hall–Kier alpha value is -3.28. The van der Waals surface area contributed by atoms with Crippen LogP contribution >= 0.6 is 0 Å². The predicted molar refractivity (Wildman–Crippen MR) is 93.2 cm³/mol. The van der Waals surface area contributed by atoms with Crippen molar-refractivity contribution in [2.24, 2.45) is 7.05 Å². The zero-order valence-corrected chi connectivity index (χ0v) is 13.4. The molecule has 0 saturated carbocycles. The number of aryl methyl sites for hydroxylation is 1. The Morgan fingerprint density at radius 2 is 1.75 bits per heavy atom. The summed E-state index contributed by atoms with van der Waals surface area (Å²) in [4.78, 5) is 10.3. The molecule has 0 atom stereocenters. The molecule has 1 heterocycles. The van der Waals surface area contributed by atoms with E-state index in [1.165, 1.54) is 17.7 Å². The first-order valence-electron chi connectivity index (χ1n) is 7.44. The van der Waals surface area contributed by atoms with Gasteiger partial charge in [0.1, 0.15) is 0 Å². The van der Waals surface area contributed by atoms with Crippen molar-refractivity contribution in [2.45, 2.75) is 6.92 Å². The van der Waals surface area contributed by atoms with Gasteiger partial charge in [0, 0.05) is 24.7 Å². The average Bonchev–Trinajstić information content (AvgIpc) is 2.95. The first-order valence-corrected chi connectivity index (χ1v) is 7.44. The number of aromatic nitrogens is 3. The van der Waals surface area contributed by atoms with Crippen molar-refractivity contribution in [2.75, 3.05) is 0 Å². The summed E-state index contributed by atoms with van der Waals surface area (Å²) in [5.41, 5.74) is 3.15. The Morgan fingerprint density at radius 3 is 2.42 bits per heavy atom. The largest absolute Gasteiger partial charge is 0.311 e. The highest BCUT2D eigenvalue weighted by atomic mass is 16.6. The molecule has 3 aromatic rings. The summed E-state index contributed by atoms with van der Waals surface area (Å²) >= 11 is 0. The standard InChI is InChI=1S/C18H16N4O2/c1-13-5-3-4-6-14(13)9-12-17-19-20-18(21(17)2)15-7-10-16(11-8-15)22(23)24/h3-12H,1-2H3/b12-9+. The van der Waals surface area contributed by atoms with Gasteiger partial charge in [-0.3, -0.25) is 10.1 Å². The van der Waals surface area contributed by atoms with Gasteiger partial charge in [-0.25, -0.2) is 0 Å². The maximum Gasteiger partial charge on any atom is 0.269 e. The van der Waals surface area contributed by atoms with Crippen LogP contribution in [0.3, 0.4) is 0 Å². The Balaban J connectivity index is 1.88. The topological polar surface area (TPSA) is 73.8 Å². The number of non-ortho nitro benzene ring substituents is 1. The third-order valence-electron chi connectivity index (χ3n) is 3.85. The van der Waals surface area contributed by atoms with Gasteiger partial charge in [-0.1, -0.05) is 30.3 Å². The molecule has 6 heteroatoms. The third kappa shape index (κ3) is 3.08. The normalized spacial score (nSPS) is 11.1. The van der Waals surface area contributed by atoms with E-state index in [-0.39, 0.29) is 5.69 Å². The van der Waals surface area contributed by atoms with E-state index in [1.54, 1.807) is 12.1 Å². The highest BCUT2D eigenvalue weighted by Gasteiger charge is 2.11. The van der Waals surface area contributed by atoms with E-state index in [1.807, 2.05) is 42.0 Å². The molecule has 0 aliphatic rings. The van der Waals surface area contributed by atoms with E-state index in [0.717, 1.165) is 11.1 Å². The SMILES string of the molecule is Cc1ccccc1/C=C/c1nnc(-c2ccc([N+](=O)[O-])cc2)n1C. The van der Waals surface area contributed by atoms with E-state index in [4.69, 9.17) is 0 Å².